The molecule has 0 spiro atoms. The van der Waals surface area contributed by atoms with Gasteiger partial charge >= 0.3 is 0 Å². The van der Waals surface area contributed by atoms with Crippen LogP contribution in [0.1, 0.15) is 39.3 Å². The molecule has 0 aliphatic heterocycles. The van der Waals surface area contributed by atoms with Crippen molar-refractivity contribution in [2.75, 3.05) is 26.0 Å². The molecule has 1 unspecified atom stereocenters. The number of halogens is 1. The second-order valence-corrected chi connectivity index (χ2v) is 8.89. The molecule has 0 radical (unpaired) electrons. The Bertz CT molecular complexity index is 517. The van der Waals surface area contributed by atoms with E-state index in [1.54, 1.807) is 13.8 Å². The fourth-order valence-corrected chi connectivity index (χ4v) is 5.13. The maximum atomic E-state index is 13.5. The van der Waals surface area contributed by atoms with Gasteiger partial charge in [-0.25, -0.2) is 0 Å². The average Bonchev–Trinajstić information content (AvgIpc) is 2.48. The Hall–Kier alpha value is -0.230. The van der Waals surface area contributed by atoms with Crippen LogP contribution in [0.25, 0.3) is 0 Å². The third kappa shape index (κ3) is 5.38. The van der Waals surface area contributed by atoms with Crippen molar-refractivity contribution in [3.05, 3.63) is 34.3 Å². The molecule has 0 saturated carbocycles. The number of nitrogens with two attached hydrogens (primary N) is 1. The van der Waals surface area contributed by atoms with Gasteiger partial charge in [-0.3, -0.25) is 4.57 Å². The second kappa shape index (κ2) is 9.30. The van der Waals surface area contributed by atoms with Gasteiger partial charge in [0.2, 0.25) is 5.53 Å². The zero-order chi connectivity index (χ0) is 17.5. The van der Waals surface area contributed by atoms with E-state index in [-0.39, 0.29) is 6.16 Å². The van der Waals surface area contributed by atoms with Crippen LogP contribution in [0.5, 0.6) is 0 Å². The van der Waals surface area contributed by atoms with Crippen LogP contribution in [0.15, 0.2) is 28.7 Å². The van der Waals surface area contributed by atoms with Gasteiger partial charge in [-0.1, -0.05) is 28.1 Å². The first kappa shape index (κ1) is 20.8. The molecule has 7 heteroatoms. The van der Waals surface area contributed by atoms with Crippen molar-refractivity contribution >= 4 is 23.3 Å². The fraction of sp³-hybridized carbons (Fsp3) is 0.625. The van der Waals surface area contributed by atoms with Gasteiger partial charge in [0, 0.05) is 29.9 Å². The molecule has 0 bridgehead atoms. The molecular weight excluding hydrogens is 381 g/mol. The molecule has 1 aromatic rings. The Labute approximate surface area is 147 Å². The number of ether oxygens (including phenoxy) is 2. The van der Waals surface area contributed by atoms with Gasteiger partial charge in [-0.15, -0.1) is 0 Å². The van der Waals surface area contributed by atoms with Crippen LogP contribution in [0.2, 0.25) is 0 Å². The molecule has 0 heterocycles. The highest BCUT2D eigenvalue weighted by Gasteiger charge is 2.48. The zero-order valence-corrected chi connectivity index (χ0v) is 16.7. The van der Waals surface area contributed by atoms with E-state index < -0.39 is 18.9 Å². The lowest BCUT2D eigenvalue weighted by Crippen LogP contribution is -2.36. The minimum Gasteiger partial charge on any atom is -0.342 e. The molecule has 5 nitrogen and oxygen atoms in total. The summed E-state index contributed by atoms with van der Waals surface area (Å²) in [5.74, 6) is 0. The number of hydrogen-bond acceptors (Lipinski definition) is 5. The molecule has 0 saturated heterocycles. The van der Waals surface area contributed by atoms with E-state index in [0.717, 1.165) is 10.0 Å². The van der Waals surface area contributed by atoms with Gasteiger partial charge in [-0.2, -0.15) is 0 Å². The summed E-state index contributed by atoms with van der Waals surface area (Å²) in [4.78, 5) is 0. The highest BCUT2D eigenvalue weighted by molar-refractivity contribution is 9.10. The van der Waals surface area contributed by atoms with Crippen molar-refractivity contribution in [2.45, 2.75) is 39.3 Å². The van der Waals surface area contributed by atoms with Crippen molar-refractivity contribution in [3.63, 3.8) is 0 Å². The summed E-state index contributed by atoms with van der Waals surface area (Å²) in [5.41, 5.74) is 5.87. The first-order valence-electron chi connectivity index (χ1n) is 7.84. The average molecular weight is 408 g/mol. The lowest BCUT2D eigenvalue weighted by Gasteiger charge is -2.37. The van der Waals surface area contributed by atoms with Crippen molar-refractivity contribution in [3.8, 4) is 0 Å². The standard InChI is InChI=1S/C16H27BrNO4P/c1-5-20-16(4,21-6-2)23(19,22-7-3)12-15(18)13-8-10-14(17)11-9-13/h8-11,15H,5-7,12,18H2,1-4H3/t15-,23?/m0/s1. The van der Waals surface area contributed by atoms with Gasteiger partial charge in [0.15, 0.2) is 0 Å². The van der Waals surface area contributed by atoms with Crippen molar-refractivity contribution in [2.24, 2.45) is 5.73 Å². The maximum absolute atomic E-state index is 13.5. The SMILES string of the molecule is CCOC(C)(OCC)P(=O)(C[C@H](N)c1ccc(Br)cc1)OCC. The molecule has 0 amide bonds. The van der Waals surface area contributed by atoms with Crippen molar-refractivity contribution in [1.29, 1.82) is 0 Å². The van der Waals surface area contributed by atoms with E-state index in [1.165, 1.54) is 0 Å². The van der Waals surface area contributed by atoms with Crippen LogP contribution in [-0.4, -0.2) is 31.5 Å². The smallest absolute Gasteiger partial charge is 0.262 e. The molecule has 0 aliphatic carbocycles. The quantitative estimate of drug-likeness (QED) is 0.456. The van der Waals surface area contributed by atoms with E-state index in [4.69, 9.17) is 19.7 Å². The minimum absolute atomic E-state index is 0.152. The topological polar surface area (TPSA) is 70.8 Å². The third-order valence-corrected chi connectivity index (χ3v) is 7.09. The molecule has 2 N–H and O–H groups in total. The van der Waals surface area contributed by atoms with Crippen LogP contribution in [0, 0.1) is 0 Å². The van der Waals surface area contributed by atoms with Gasteiger partial charge < -0.3 is 19.7 Å². The molecule has 0 fully saturated rings. The molecular formula is C16H27BrNO4P. The molecule has 0 aliphatic rings. The van der Waals surface area contributed by atoms with Crippen molar-refractivity contribution in [1.82, 2.24) is 0 Å². The fourth-order valence-electron chi connectivity index (χ4n) is 2.39. The predicted molar refractivity (Wildman–Crippen MR) is 96.8 cm³/mol. The van der Waals surface area contributed by atoms with Crippen molar-refractivity contribution < 1.29 is 18.6 Å². The Kier molecular flexibility index (Phi) is 8.42. The molecule has 0 aromatic heterocycles. The summed E-state index contributed by atoms with van der Waals surface area (Å²) in [6.45, 7) is 8.20. The maximum Gasteiger partial charge on any atom is 0.262 e. The Morgan fingerprint density at radius 3 is 2.09 bits per heavy atom. The summed E-state index contributed by atoms with van der Waals surface area (Å²) < 4.78 is 31.4. The Morgan fingerprint density at radius 2 is 1.65 bits per heavy atom. The molecule has 2 atom stereocenters. The normalized spacial score (nSPS) is 16.1. The first-order valence-corrected chi connectivity index (χ1v) is 10.4. The van der Waals surface area contributed by atoms with E-state index >= 15 is 0 Å². The van der Waals surface area contributed by atoms with Crippen LogP contribution in [0.4, 0.5) is 0 Å². The van der Waals surface area contributed by atoms with Gasteiger partial charge in [0.05, 0.1) is 6.61 Å². The number of rotatable bonds is 10. The van der Waals surface area contributed by atoms with Crippen LogP contribution < -0.4 is 5.73 Å². The predicted octanol–water partition coefficient (Wildman–Crippen LogP) is 4.51. The first-order chi connectivity index (χ1) is 10.8. The monoisotopic (exact) mass is 407 g/mol. The van der Waals surface area contributed by atoms with E-state index in [2.05, 4.69) is 15.9 Å². The van der Waals surface area contributed by atoms with Gasteiger partial charge in [-0.05, 0) is 45.4 Å². The highest BCUT2D eigenvalue weighted by atomic mass is 79.9. The zero-order valence-electron chi connectivity index (χ0n) is 14.3. The summed E-state index contributed by atoms with van der Waals surface area (Å²) in [6.07, 6.45) is 0.152. The van der Waals surface area contributed by atoms with Gasteiger partial charge in [0.25, 0.3) is 7.37 Å². The second-order valence-electron chi connectivity index (χ2n) is 5.20. The van der Waals surface area contributed by atoms with E-state index in [9.17, 15) is 4.57 Å². The largest absolute Gasteiger partial charge is 0.342 e. The summed E-state index contributed by atoms with van der Waals surface area (Å²) >= 11 is 3.39. The van der Waals surface area contributed by atoms with E-state index in [1.807, 2.05) is 38.1 Å². The van der Waals surface area contributed by atoms with E-state index in [0.29, 0.717) is 19.8 Å². The highest BCUT2D eigenvalue weighted by Crippen LogP contribution is 2.61. The summed E-state index contributed by atoms with van der Waals surface area (Å²) in [5, 5.41) is 0. The van der Waals surface area contributed by atoms with Crippen LogP contribution >= 0.6 is 23.3 Å². The molecule has 1 rings (SSSR count). The lowest BCUT2D eigenvalue weighted by atomic mass is 10.1. The Morgan fingerprint density at radius 1 is 1.13 bits per heavy atom. The van der Waals surface area contributed by atoms with Gasteiger partial charge in [0.1, 0.15) is 0 Å². The Balaban J connectivity index is 3.07. The molecule has 23 heavy (non-hydrogen) atoms. The molecule has 132 valence electrons. The number of hydrogen-bond donors (Lipinski definition) is 1. The molecule has 1 aromatic carbocycles. The third-order valence-electron chi connectivity index (χ3n) is 3.52. The van der Waals surface area contributed by atoms with Crippen LogP contribution in [-0.2, 0) is 18.6 Å². The number of benzene rings is 1. The lowest BCUT2D eigenvalue weighted by molar-refractivity contribution is -0.168. The summed E-state index contributed by atoms with van der Waals surface area (Å²) in [7, 11) is -3.29. The summed E-state index contributed by atoms with van der Waals surface area (Å²) in [6, 6.07) is 7.20. The minimum atomic E-state index is -3.29. The van der Waals surface area contributed by atoms with Crippen LogP contribution in [0.3, 0.4) is 0 Å².